The Morgan fingerprint density at radius 2 is 1.91 bits per heavy atom. The summed E-state index contributed by atoms with van der Waals surface area (Å²) < 4.78 is 93.7. The Bertz CT molecular complexity index is 1230. The number of nitrogens with zero attached hydrogens (tertiary/aromatic N) is 4. The first kappa shape index (κ1) is 24.3. The molecule has 2 atom stereocenters. The Balaban J connectivity index is 1.61. The van der Waals surface area contributed by atoms with Gasteiger partial charge in [0.2, 0.25) is 0 Å². The van der Waals surface area contributed by atoms with Crippen LogP contribution in [0.5, 0.6) is 5.75 Å². The molecule has 0 saturated heterocycles. The average Bonchev–Trinajstić information content (AvgIpc) is 3.27. The highest BCUT2D eigenvalue weighted by Crippen LogP contribution is 2.42. The van der Waals surface area contributed by atoms with Crippen LogP contribution in [0.2, 0.25) is 0 Å². The van der Waals surface area contributed by atoms with E-state index in [2.05, 4.69) is 24.9 Å². The molecule has 2 aromatic heterocycles. The van der Waals surface area contributed by atoms with Crippen molar-refractivity contribution in [1.82, 2.24) is 15.1 Å². The molecule has 0 bridgehead atoms. The van der Waals surface area contributed by atoms with Gasteiger partial charge in [-0.1, -0.05) is 5.16 Å². The van der Waals surface area contributed by atoms with Gasteiger partial charge >= 0.3 is 6.18 Å². The molecule has 8 nitrogen and oxygen atoms in total. The maximum absolute atomic E-state index is 14.7. The second-order valence-corrected chi connectivity index (χ2v) is 7.79. The molecular formula is C21H17F6N5O3. The molecule has 0 radical (unpaired) electrons. The number of ether oxygens (including phenoxy) is 2. The van der Waals surface area contributed by atoms with Gasteiger partial charge in [0.15, 0.2) is 29.1 Å². The number of halogens is 6. The molecule has 3 aromatic rings. The van der Waals surface area contributed by atoms with E-state index < -0.39 is 49.1 Å². The third-order valence-corrected chi connectivity index (χ3v) is 5.14. The summed E-state index contributed by atoms with van der Waals surface area (Å²) in [6.45, 7) is 0.509. The minimum absolute atomic E-state index is 0.0302. The maximum Gasteiger partial charge on any atom is 0.425 e. The van der Waals surface area contributed by atoms with Crippen molar-refractivity contribution >= 4 is 6.02 Å². The van der Waals surface area contributed by atoms with E-state index in [0.717, 1.165) is 6.07 Å². The number of hydrogen-bond donors (Lipinski definition) is 1. The Labute approximate surface area is 193 Å². The predicted molar refractivity (Wildman–Crippen MR) is 109 cm³/mol. The van der Waals surface area contributed by atoms with Crippen molar-refractivity contribution in [2.45, 2.75) is 37.6 Å². The summed E-state index contributed by atoms with van der Waals surface area (Å²) in [5.74, 6) is -0.530. The van der Waals surface area contributed by atoms with Gasteiger partial charge in [0.05, 0.1) is 17.9 Å². The molecule has 1 aromatic carbocycles. The standard InChI is InChI=1S/C21H17F6N5O3/c1-20(6-16(21(25,26)27)34-19(28)31-20)12-4-10(2-3-13(12)22)15-5-14(32-35-15)18-29-7-11(8-30-18)33-9-17(23)24/h2-5,7-8,16-17H,6,9H2,1H3,(H2,28,31)/t16-,20-/m0/s1. The highest BCUT2D eigenvalue weighted by Gasteiger charge is 2.50. The minimum atomic E-state index is -4.73. The number of rotatable bonds is 6. The molecule has 0 spiro atoms. The molecule has 14 heteroatoms. The van der Waals surface area contributed by atoms with E-state index in [1.165, 1.54) is 37.5 Å². The molecule has 1 aliphatic heterocycles. The van der Waals surface area contributed by atoms with Crippen molar-refractivity contribution in [2.24, 2.45) is 10.7 Å². The van der Waals surface area contributed by atoms with E-state index in [-0.39, 0.29) is 28.6 Å². The third-order valence-electron chi connectivity index (χ3n) is 5.14. The highest BCUT2D eigenvalue weighted by molar-refractivity contribution is 5.73. The van der Waals surface area contributed by atoms with Crippen LogP contribution in [0.15, 0.2) is 46.2 Å². The second-order valence-electron chi connectivity index (χ2n) is 7.79. The van der Waals surface area contributed by atoms with Gasteiger partial charge in [0, 0.05) is 23.6 Å². The smallest absolute Gasteiger partial charge is 0.425 e. The summed E-state index contributed by atoms with van der Waals surface area (Å²) in [4.78, 5) is 11.9. The first-order valence-electron chi connectivity index (χ1n) is 10.0. The number of aromatic nitrogens is 3. The molecule has 3 heterocycles. The van der Waals surface area contributed by atoms with Crippen molar-refractivity contribution in [1.29, 1.82) is 0 Å². The van der Waals surface area contributed by atoms with E-state index in [1.54, 1.807) is 0 Å². The number of aliphatic imine (C=N–C) groups is 1. The molecule has 0 saturated carbocycles. The number of alkyl halides is 5. The lowest BCUT2D eigenvalue weighted by molar-refractivity contribution is -0.208. The summed E-state index contributed by atoms with van der Waals surface area (Å²) in [6, 6.07) is 4.42. The largest absolute Gasteiger partial charge is 0.484 e. The topological polar surface area (TPSA) is 109 Å². The fourth-order valence-electron chi connectivity index (χ4n) is 3.51. The van der Waals surface area contributed by atoms with Crippen LogP contribution in [0.3, 0.4) is 0 Å². The zero-order valence-electron chi connectivity index (χ0n) is 17.9. The van der Waals surface area contributed by atoms with Crippen LogP contribution in [-0.2, 0) is 10.3 Å². The SMILES string of the molecule is C[C@@]1(c2cc(-c3cc(-c4ncc(OCC(F)F)cn4)no3)ccc2F)C[C@@H](C(F)(F)F)OC(N)=N1. The van der Waals surface area contributed by atoms with Gasteiger partial charge in [0.25, 0.3) is 12.4 Å². The first-order valence-corrected chi connectivity index (χ1v) is 10.0. The molecule has 35 heavy (non-hydrogen) atoms. The first-order chi connectivity index (χ1) is 16.4. The average molecular weight is 501 g/mol. The maximum atomic E-state index is 14.7. The summed E-state index contributed by atoms with van der Waals surface area (Å²) in [5, 5.41) is 3.83. The van der Waals surface area contributed by atoms with Crippen molar-refractivity contribution < 1.29 is 40.3 Å². The molecule has 0 unspecified atom stereocenters. The minimum Gasteiger partial charge on any atom is -0.484 e. The van der Waals surface area contributed by atoms with Crippen molar-refractivity contribution in [3.05, 3.63) is 48.0 Å². The fraction of sp³-hybridized carbons (Fsp3) is 0.333. The van der Waals surface area contributed by atoms with Gasteiger partial charge in [-0.15, -0.1) is 0 Å². The van der Waals surface area contributed by atoms with Gasteiger partial charge in [-0.05, 0) is 25.1 Å². The molecule has 2 N–H and O–H groups in total. The van der Waals surface area contributed by atoms with E-state index in [9.17, 15) is 26.3 Å². The quantitative estimate of drug-likeness (QED) is 0.497. The molecule has 4 rings (SSSR count). The molecule has 0 amide bonds. The van der Waals surface area contributed by atoms with Gasteiger partial charge in [-0.2, -0.15) is 13.2 Å². The van der Waals surface area contributed by atoms with Gasteiger partial charge in [0.1, 0.15) is 12.4 Å². The lowest BCUT2D eigenvalue weighted by Gasteiger charge is -2.36. The number of benzene rings is 1. The molecule has 0 fully saturated rings. The van der Waals surface area contributed by atoms with E-state index in [4.69, 9.17) is 15.0 Å². The van der Waals surface area contributed by atoms with Crippen molar-refractivity contribution in [3.63, 3.8) is 0 Å². The van der Waals surface area contributed by atoms with Crippen molar-refractivity contribution in [3.8, 4) is 28.6 Å². The molecule has 186 valence electrons. The number of nitrogens with two attached hydrogens (primary N) is 1. The van der Waals surface area contributed by atoms with Gasteiger partial charge < -0.3 is 19.7 Å². The van der Waals surface area contributed by atoms with E-state index in [0.29, 0.717) is 5.56 Å². The predicted octanol–water partition coefficient (Wildman–Crippen LogP) is 4.46. The van der Waals surface area contributed by atoms with Gasteiger partial charge in [-0.25, -0.2) is 28.1 Å². The van der Waals surface area contributed by atoms with Crippen LogP contribution in [-0.4, -0.2) is 46.5 Å². The molecular weight excluding hydrogens is 484 g/mol. The normalized spacial score (nSPS) is 20.5. The Hall–Kier alpha value is -3.84. The van der Waals surface area contributed by atoms with Crippen LogP contribution in [0.1, 0.15) is 18.9 Å². The Kier molecular flexibility index (Phi) is 6.30. The lowest BCUT2D eigenvalue weighted by atomic mass is 9.84. The van der Waals surface area contributed by atoms with E-state index >= 15 is 0 Å². The summed E-state index contributed by atoms with van der Waals surface area (Å²) in [7, 11) is 0. The Morgan fingerprint density at radius 1 is 1.20 bits per heavy atom. The van der Waals surface area contributed by atoms with Crippen LogP contribution >= 0.6 is 0 Å². The molecule has 0 aliphatic carbocycles. The van der Waals surface area contributed by atoms with E-state index in [1.807, 2.05) is 0 Å². The lowest BCUT2D eigenvalue weighted by Crippen LogP contribution is -2.46. The van der Waals surface area contributed by atoms with Crippen LogP contribution in [0.25, 0.3) is 22.8 Å². The third kappa shape index (κ3) is 5.30. The van der Waals surface area contributed by atoms with Gasteiger partial charge in [-0.3, -0.25) is 0 Å². The second kappa shape index (κ2) is 9.07. The van der Waals surface area contributed by atoms with Crippen molar-refractivity contribution in [2.75, 3.05) is 6.61 Å². The summed E-state index contributed by atoms with van der Waals surface area (Å²) >= 11 is 0. The zero-order valence-corrected chi connectivity index (χ0v) is 17.9. The summed E-state index contributed by atoms with van der Waals surface area (Å²) in [6.07, 6.45) is -7.96. The number of amidine groups is 1. The zero-order chi connectivity index (χ0) is 25.4. The highest BCUT2D eigenvalue weighted by atomic mass is 19.4. The van der Waals surface area contributed by atoms with Crippen LogP contribution in [0.4, 0.5) is 26.3 Å². The number of hydrogen-bond acceptors (Lipinski definition) is 8. The van der Waals surface area contributed by atoms with Crippen LogP contribution in [0, 0.1) is 5.82 Å². The summed E-state index contributed by atoms with van der Waals surface area (Å²) in [5.41, 5.74) is 4.11. The molecule has 1 aliphatic rings. The monoisotopic (exact) mass is 501 g/mol. The Morgan fingerprint density at radius 3 is 2.57 bits per heavy atom. The fourth-order valence-corrected chi connectivity index (χ4v) is 3.51. The van der Waals surface area contributed by atoms with Crippen LogP contribution < -0.4 is 10.5 Å².